The van der Waals surface area contributed by atoms with Gasteiger partial charge in [-0.05, 0) is 38.2 Å². The topological polar surface area (TPSA) is 15.3 Å². The first-order chi connectivity index (χ1) is 10.2. The first-order valence-electron chi connectivity index (χ1n) is 8.70. The van der Waals surface area contributed by atoms with Gasteiger partial charge in [0.05, 0.1) is 0 Å². The maximum Gasteiger partial charge on any atom is 0.0309 e. The van der Waals surface area contributed by atoms with Gasteiger partial charge in [0, 0.05) is 30.7 Å². The van der Waals surface area contributed by atoms with E-state index in [1.807, 2.05) is 0 Å². The van der Waals surface area contributed by atoms with E-state index in [4.69, 9.17) is 0 Å². The fourth-order valence-electron chi connectivity index (χ4n) is 4.09. The van der Waals surface area contributed by atoms with Gasteiger partial charge in [0.2, 0.25) is 0 Å². The molecule has 0 amide bonds. The number of hydrogen-bond donors (Lipinski definition) is 1. The molecule has 0 aromatic heterocycles. The summed E-state index contributed by atoms with van der Waals surface area (Å²) in [6, 6.07) is 10.9. The van der Waals surface area contributed by atoms with Crippen LogP contribution in [0, 0.1) is 0 Å². The Morgan fingerprint density at radius 3 is 2.52 bits per heavy atom. The summed E-state index contributed by atoms with van der Waals surface area (Å²) in [5.41, 5.74) is 2.21. The molecule has 1 saturated heterocycles. The second-order valence-corrected chi connectivity index (χ2v) is 7.35. The molecule has 1 N–H and O–H groups in total. The number of nitrogens with zero attached hydrogens (tertiary/aromatic N) is 1. The molecule has 0 bridgehead atoms. The zero-order chi connectivity index (χ0) is 14.8. The van der Waals surface area contributed by atoms with Crippen LogP contribution >= 0.6 is 0 Å². The number of piperazine rings is 1. The van der Waals surface area contributed by atoms with Crippen molar-refractivity contribution in [2.75, 3.05) is 19.6 Å². The smallest absolute Gasteiger partial charge is 0.0309 e. The van der Waals surface area contributed by atoms with Crippen LogP contribution in [0.25, 0.3) is 0 Å². The first kappa shape index (κ1) is 15.1. The Bertz CT molecular complexity index is 450. The van der Waals surface area contributed by atoms with Crippen LogP contribution in [0.1, 0.15) is 51.5 Å². The standard InChI is InChI=1S/C19H30N2/c1-3-18(2)15-20-19(12-7-8-13-19)16-21(18)14-11-17-9-5-4-6-10-17/h4-6,9-10,20H,3,7-8,11-16H2,1-2H3. The molecule has 1 atom stereocenters. The van der Waals surface area contributed by atoms with Gasteiger partial charge in [-0.3, -0.25) is 4.90 Å². The minimum absolute atomic E-state index is 0.322. The minimum atomic E-state index is 0.322. The number of nitrogens with one attached hydrogen (secondary N) is 1. The predicted octanol–water partition coefficient (Wildman–Crippen LogP) is 3.62. The van der Waals surface area contributed by atoms with E-state index in [2.05, 4.69) is 54.4 Å². The van der Waals surface area contributed by atoms with Crippen molar-refractivity contribution in [3.63, 3.8) is 0 Å². The lowest BCUT2D eigenvalue weighted by atomic mass is 9.85. The third kappa shape index (κ3) is 3.17. The second kappa shape index (κ2) is 6.10. The molecule has 2 fully saturated rings. The van der Waals surface area contributed by atoms with Crippen molar-refractivity contribution < 1.29 is 0 Å². The molecular formula is C19H30N2. The molecule has 21 heavy (non-hydrogen) atoms. The van der Waals surface area contributed by atoms with E-state index in [-0.39, 0.29) is 0 Å². The molecule has 1 aromatic carbocycles. The summed E-state index contributed by atoms with van der Waals surface area (Å²) >= 11 is 0. The summed E-state index contributed by atoms with van der Waals surface area (Å²) in [6.45, 7) is 8.36. The quantitative estimate of drug-likeness (QED) is 0.909. The second-order valence-electron chi connectivity index (χ2n) is 7.35. The van der Waals surface area contributed by atoms with E-state index in [0.29, 0.717) is 11.1 Å². The van der Waals surface area contributed by atoms with E-state index in [9.17, 15) is 0 Å². The molecule has 1 spiro atoms. The maximum absolute atomic E-state index is 3.92. The largest absolute Gasteiger partial charge is 0.308 e. The van der Waals surface area contributed by atoms with Crippen molar-refractivity contribution in [2.45, 2.75) is 63.5 Å². The third-order valence-electron chi connectivity index (χ3n) is 5.94. The molecule has 1 heterocycles. The average molecular weight is 286 g/mol. The van der Waals surface area contributed by atoms with Crippen LogP contribution in [0.5, 0.6) is 0 Å². The van der Waals surface area contributed by atoms with Gasteiger partial charge in [0.1, 0.15) is 0 Å². The molecule has 1 aliphatic carbocycles. The maximum atomic E-state index is 3.92. The molecule has 116 valence electrons. The Hall–Kier alpha value is -0.860. The Balaban J connectivity index is 1.69. The Morgan fingerprint density at radius 2 is 1.86 bits per heavy atom. The fourth-order valence-corrected chi connectivity index (χ4v) is 4.09. The number of rotatable bonds is 4. The van der Waals surface area contributed by atoms with E-state index in [0.717, 1.165) is 6.54 Å². The van der Waals surface area contributed by atoms with Crippen LogP contribution in [0.15, 0.2) is 30.3 Å². The summed E-state index contributed by atoms with van der Waals surface area (Å²) in [6.07, 6.45) is 7.95. The summed E-state index contributed by atoms with van der Waals surface area (Å²) in [5.74, 6) is 0. The van der Waals surface area contributed by atoms with Gasteiger partial charge < -0.3 is 5.32 Å². The van der Waals surface area contributed by atoms with Crippen molar-refractivity contribution in [3.05, 3.63) is 35.9 Å². The predicted molar refractivity (Wildman–Crippen MR) is 89.6 cm³/mol. The van der Waals surface area contributed by atoms with Gasteiger partial charge in [0.25, 0.3) is 0 Å². The highest BCUT2D eigenvalue weighted by atomic mass is 15.3. The van der Waals surface area contributed by atoms with Gasteiger partial charge in [-0.15, -0.1) is 0 Å². The van der Waals surface area contributed by atoms with Crippen LogP contribution in [0.3, 0.4) is 0 Å². The van der Waals surface area contributed by atoms with E-state index >= 15 is 0 Å². The molecular weight excluding hydrogens is 256 g/mol. The lowest BCUT2D eigenvalue weighted by Gasteiger charge is -2.52. The fraction of sp³-hybridized carbons (Fsp3) is 0.684. The van der Waals surface area contributed by atoms with Crippen LogP contribution in [-0.2, 0) is 6.42 Å². The monoisotopic (exact) mass is 286 g/mol. The molecule has 1 saturated carbocycles. The van der Waals surface area contributed by atoms with Crippen LogP contribution in [0.2, 0.25) is 0 Å². The lowest BCUT2D eigenvalue weighted by Crippen LogP contribution is -2.68. The molecule has 1 aromatic rings. The highest BCUT2D eigenvalue weighted by Gasteiger charge is 2.44. The van der Waals surface area contributed by atoms with Crippen molar-refractivity contribution >= 4 is 0 Å². The van der Waals surface area contributed by atoms with Crippen LogP contribution < -0.4 is 5.32 Å². The molecule has 3 rings (SSSR count). The van der Waals surface area contributed by atoms with E-state index in [1.165, 1.54) is 57.2 Å². The van der Waals surface area contributed by atoms with E-state index < -0.39 is 0 Å². The van der Waals surface area contributed by atoms with Gasteiger partial charge in [-0.1, -0.05) is 50.1 Å². The SMILES string of the molecule is CCC1(C)CNC2(CCCC2)CN1CCc1ccccc1. The minimum Gasteiger partial charge on any atom is -0.308 e. The average Bonchev–Trinajstić information content (AvgIpc) is 2.98. The Morgan fingerprint density at radius 1 is 1.14 bits per heavy atom. The zero-order valence-corrected chi connectivity index (χ0v) is 13.7. The van der Waals surface area contributed by atoms with Crippen molar-refractivity contribution in [1.29, 1.82) is 0 Å². The van der Waals surface area contributed by atoms with E-state index in [1.54, 1.807) is 0 Å². The molecule has 2 aliphatic rings. The number of benzene rings is 1. The van der Waals surface area contributed by atoms with Crippen molar-refractivity contribution in [3.8, 4) is 0 Å². The summed E-state index contributed by atoms with van der Waals surface area (Å²) in [5, 5.41) is 3.92. The summed E-state index contributed by atoms with van der Waals surface area (Å²) in [4.78, 5) is 2.78. The van der Waals surface area contributed by atoms with Crippen LogP contribution in [-0.4, -0.2) is 35.6 Å². The zero-order valence-electron chi connectivity index (χ0n) is 13.7. The Kier molecular flexibility index (Phi) is 4.37. The van der Waals surface area contributed by atoms with Crippen molar-refractivity contribution in [1.82, 2.24) is 10.2 Å². The van der Waals surface area contributed by atoms with Gasteiger partial charge in [0.15, 0.2) is 0 Å². The first-order valence-corrected chi connectivity index (χ1v) is 8.70. The van der Waals surface area contributed by atoms with Gasteiger partial charge in [-0.25, -0.2) is 0 Å². The molecule has 0 radical (unpaired) electrons. The molecule has 1 aliphatic heterocycles. The van der Waals surface area contributed by atoms with Gasteiger partial charge in [-0.2, -0.15) is 0 Å². The molecule has 1 unspecified atom stereocenters. The van der Waals surface area contributed by atoms with Gasteiger partial charge >= 0.3 is 0 Å². The lowest BCUT2D eigenvalue weighted by molar-refractivity contribution is 0.0153. The molecule has 2 nitrogen and oxygen atoms in total. The highest BCUT2D eigenvalue weighted by molar-refractivity contribution is 5.15. The Labute approximate surface area is 129 Å². The van der Waals surface area contributed by atoms with Crippen LogP contribution in [0.4, 0.5) is 0 Å². The highest BCUT2D eigenvalue weighted by Crippen LogP contribution is 2.36. The number of hydrogen-bond acceptors (Lipinski definition) is 2. The van der Waals surface area contributed by atoms with Crippen molar-refractivity contribution in [2.24, 2.45) is 0 Å². The molecule has 2 heteroatoms. The third-order valence-corrected chi connectivity index (χ3v) is 5.94. The normalized spacial score (nSPS) is 29.0. The summed E-state index contributed by atoms with van der Waals surface area (Å²) in [7, 11) is 0. The summed E-state index contributed by atoms with van der Waals surface area (Å²) < 4.78 is 0.